The summed E-state index contributed by atoms with van der Waals surface area (Å²) < 4.78 is 0. The molecule has 0 radical (unpaired) electrons. The molecule has 2 fully saturated rings. The van der Waals surface area contributed by atoms with Crippen molar-refractivity contribution in [2.24, 2.45) is 17.8 Å². The van der Waals surface area contributed by atoms with E-state index in [0.29, 0.717) is 0 Å². The van der Waals surface area contributed by atoms with Gasteiger partial charge in [-0.15, -0.1) is 0 Å². The molecular weight excluding hydrogens is 156 g/mol. The third-order valence-electron chi connectivity index (χ3n) is 3.79. The molecule has 0 aromatic rings. The zero-order chi connectivity index (χ0) is 7.68. The highest BCUT2D eigenvalue weighted by molar-refractivity contribution is 4.87. The molecule has 80 valence electrons. The molecule has 0 saturated heterocycles. The fourth-order valence-electron chi connectivity index (χ4n) is 3.33. The largest absolute Gasteiger partial charge is 0.0776 e. The predicted molar refractivity (Wildman–Crippen MR) is 61.9 cm³/mol. The van der Waals surface area contributed by atoms with Gasteiger partial charge in [0.2, 0.25) is 0 Å². The van der Waals surface area contributed by atoms with Crippen molar-refractivity contribution in [1.82, 2.24) is 0 Å². The molecule has 2 unspecified atom stereocenters. The van der Waals surface area contributed by atoms with Gasteiger partial charge in [0.1, 0.15) is 0 Å². The van der Waals surface area contributed by atoms with Crippen LogP contribution in [0.5, 0.6) is 0 Å². The van der Waals surface area contributed by atoms with Gasteiger partial charge >= 0.3 is 0 Å². The molecule has 2 aliphatic carbocycles. The Bertz CT molecular complexity index is 116. The average molecular weight is 184 g/mol. The van der Waals surface area contributed by atoms with Gasteiger partial charge in [0.05, 0.1) is 0 Å². The van der Waals surface area contributed by atoms with Crippen LogP contribution in [0.3, 0.4) is 0 Å². The molecule has 0 spiro atoms. The summed E-state index contributed by atoms with van der Waals surface area (Å²) in [5.41, 5.74) is 0. The fraction of sp³-hybridized carbons (Fsp3) is 1.00. The second kappa shape index (κ2) is 5.67. The van der Waals surface area contributed by atoms with Gasteiger partial charge in [0, 0.05) is 0 Å². The van der Waals surface area contributed by atoms with Crippen molar-refractivity contribution in [3.63, 3.8) is 0 Å². The van der Waals surface area contributed by atoms with E-state index in [0.717, 1.165) is 17.8 Å². The Labute approximate surface area is 85.1 Å². The maximum Gasteiger partial charge on any atom is -0.0383 e. The second-order valence-electron chi connectivity index (χ2n) is 4.58. The van der Waals surface area contributed by atoms with Crippen LogP contribution in [0.25, 0.3) is 0 Å². The molecule has 0 heteroatoms. The summed E-state index contributed by atoms with van der Waals surface area (Å²) >= 11 is 0. The normalized spacial score (nSPS) is 36.2. The molecule has 0 aliphatic heterocycles. The first kappa shape index (κ1) is 13.0. The van der Waals surface area contributed by atoms with Crippen molar-refractivity contribution in [2.45, 2.75) is 66.7 Å². The van der Waals surface area contributed by atoms with E-state index in [1.807, 2.05) is 0 Å². The number of fused-ring (bicyclic) bond motifs is 1. The van der Waals surface area contributed by atoms with Crippen molar-refractivity contribution in [1.29, 1.82) is 0 Å². The molecular formula is C13H28. The minimum Gasteiger partial charge on any atom is -0.0776 e. The highest BCUT2D eigenvalue weighted by atomic mass is 14.4. The maximum absolute atomic E-state index is 2.33. The molecule has 2 saturated carbocycles. The monoisotopic (exact) mass is 184 g/mol. The molecule has 0 aromatic heterocycles. The Morgan fingerprint density at radius 2 is 1.54 bits per heavy atom. The van der Waals surface area contributed by atoms with Crippen molar-refractivity contribution >= 4 is 0 Å². The third kappa shape index (κ3) is 2.72. The number of hydrogen-bond acceptors (Lipinski definition) is 0. The molecule has 0 N–H and O–H groups in total. The maximum atomic E-state index is 2.33. The van der Waals surface area contributed by atoms with E-state index in [1.165, 1.54) is 19.3 Å². The SMILES string of the molecule is C.C.CCCC1CC2CCCC2C1. The highest BCUT2D eigenvalue weighted by Gasteiger charge is 2.36. The van der Waals surface area contributed by atoms with E-state index in [9.17, 15) is 0 Å². The van der Waals surface area contributed by atoms with Crippen LogP contribution in [0, 0.1) is 17.8 Å². The lowest BCUT2D eigenvalue weighted by atomic mass is 9.99. The summed E-state index contributed by atoms with van der Waals surface area (Å²) in [6.45, 7) is 2.33. The zero-order valence-corrected chi connectivity index (χ0v) is 7.68. The lowest BCUT2D eigenvalue weighted by Gasteiger charge is -2.07. The van der Waals surface area contributed by atoms with E-state index in [4.69, 9.17) is 0 Å². The lowest BCUT2D eigenvalue weighted by Crippen LogP contribution is -1.95. The molecule has 2 rings (SSSR count). The summed E-state index contributed by atoms with van der Waals surface area (Å²) in [5.74, 6) is 3.44. The first-order valence-corrected chi connectivity index (χ1v) is 5.40. The van der Waals surface area contributed by atoms with E-state index in [1.54, 1.807) is 25.7 Å². The summed E-state index contributed by atoms with van der Waals surface area (Å²) in [4.78, 5) is 0. The van der Waals surface area contributed by atoms with Crippen molar-refractivity contribution in [2.75, 3.05) is 0 Å². The van der Waals surface area contributed by atoms with Crippen molar-refractivity contribution in [3.05, 3.63) is 0 Å². The molecule has 0 nitrogen and oxygen atoms in total. The van der Waals surface area contributed by atoms with Gasteiger partial charge in [0.15, 0.2) is 0 Å². The molecule has 0 bridgehead atoms. The first-order valence-electron chi connectivity index (χ1n) is 5.40. The molecule has 0 aromatic carbocycles. The van der Waals surface area contributed by atoms with Crippen LogP contribution < -0.4 is 0 Å². The van der Waals surface area contributed by atoms with Crippen LogP contribution in [0.2, 0.25) is 0 Å². The Morgan fingerprint density at radius 1 is 1.00 bits per heavy atom. The Hall–Kier alpha value is 0. The molecule has 2 atom stereocenters. The van der Waals surface area contributed by atoms with Crippen LogP contribution in [0.1, 0.15) is 66.7 Å². The van der Waals surface area contributed by atoms with Crippen LogP contribution in [0.15, 0.2) is 0 Å². The Kier molecular flexibility index (Phi) is 5.67. The van der Waals surface area contributed by atoms with Gasteiger partial charge < -0.3 is 0 Å². The fourth-order valence-corrected chi connectivity index (χ4v) is 3.33. The van der Waals surface area contributed by atoms with Gasteiger partial charge in [-0.05, 0) is 30.6 Å². The molecule has 0 heterocycles. The zero-order valence-electron chi connectivity index (χ0n) is 7.68. The highest BCUT2D eigenvalue weighted by Crippen LogP contribution is 2.47. The van der Waals surface area contributed by atoms with Gasteiger partial charge in [0.25, 0.3) is 0 Å². The standard InChI is InChI=1S/C11H20.2CH4/c1-2-4-9-7-10-5-3-6-11(10)8-9;;/h9-11H,2-8H2,1H3;2*1H4. The summed E-state index contributed by atoms with van der Waals surface area (Å²) in [6.07, 6.45) is 10.7. The van der Waals surface area contributed by atoms with Gasteiger partial charge in [-0.25, -0.2) is 0 Å². The van der Waals surface area contributed by atoms with Crippen molar-refractivity contribution in [3.8, 4) is 0 Å². The average Bonchev–Trinajstić information content (AvgIpc) is 2.46. The van der Waals surface area contributed by atoms with Crippen LogP contribution >= 0.6 is 0 Å². The summed E-state index contributed by atoms with van der Waals surface area (Å²) in [5, 5.41) is 0. The van der Waals surface area contributed by atoms with E-state index < -0.39 is 0 Å². The van der Waals surface area contributed by atoms with Crippen LogP contribution in [-0.4, -0.2) is 0 Å². The Morgan fingerprint density at radius 3 is 2.00 bits per heavy atom. The topological polar surface area (TPSA) is 0 Å². The van der Waals surface area contributed by atoms with E-state index in [-0.39, 0.29) is 14.9 Å². The number of hydrogen-bond donors (Lipinski definition) is 0. The molecule has 13 heavy (non-hydrogen) atoms. The number of rotatable bonds is 2. The van der Waals surface area contributed by atoms with E-state index in [2.05, 4.69) is 6.92 Å². The van der Waals surface area contributed by atoms with E-state index >= 15 is 0 Å². The third-order valence-corrected chi connectivity index (χ3v) is 3.79. The minimum absolute atomic E-state index is 0. The Balaban J connectivity index is 0.000000720. The second-order valence-corrected chi connectivity index (χ2v) is 4.58. The van der Waals surface area contributed by atoms with Gasteiger partial charge in [-0.1, -0.05) is 53.9 Å². The predicted octanol–water partition coefficient (Wildman–Crippen LogP) is 4.89. The minimum atomic E-state index is 0. The van der Waals surface area contributed by atoms with Crippen LogP contribution in [0.4, 0.5) is 0 Å². The molecule has 0 amide bonds. The smallest absolute Gasteiger partial charge is 0.0383 e. The van der Waals surface area contributed by atoms with Crippen molar-refractivity contribution < 1.29 is 0 Å². The van der Waals surface area contributed by atoms with Gasteiger partial charge in [-0.2, -0.15) is 0 Å². The molecule has 2 aliphatic rings. The summed E-state index contributed by atoms with van der Waals surface area (Å²) in [7, 11) is 0. The quantitative estimate of drug-likeness (QED) is 0.573. The van der Waals surface area contributed by atoms with Crippen LogP contribution in [-0.2, 0) is 0 Å². The first-order chi connectivity index (χ1) is 5.40. The lowest BCUT2D eigenvalue weighted by molar-refractivity contribution is 0.451. The summed E-state index contributed by atoms with van der Waals surface area (Å²) in [6, 6.07) is 0. The van der Waals surface area contributed by atoms with Gasteiger partial charge in [-0.3, -0.25) is 0 Å².